The third kappa shape index (κ3) is 4.62. The summed E-state index contributed by atoms with van der Waals surface area (Å²) >= 11 is 15.1. The van der Waals surface area contributed by atoms with Gasteiger partial charge in [0.2, 0.25) is 0 Å². The van der Waals surface area contributed by atoms with Crippen LogP contribution in [0.3, 0.4) is 0 Å². The Bertz CT molecular complexity index is 1200. The zero-order valence-corrected chi connectivity index (χ0v) is 19.0. The fourth-order valence-electron chi connectivity index (χ4n) is 2.88. The summed E-state index contributed by atoms with van der Waals surface area (Å²) in [5.74, 6) is -0.324. The second kappa shape index (κ2) is 9.35. The van der Waals surface area contributed by atoms with Crippen molar-refractivity contribution in [3.05, 3.63) is 75.8 Å². The van der Waals surface area contributed by atoms with Crippen molar-refractivity contribution >= 4 is 62.5 Å². The number of carbonyl (C=O) groups excluding carboxylic acids is 1. The van der Waals surface area contributed by atoms with Crippen LogP contribution in [-0.4, -0.2) is 21.2 Å². The Balaban J connectivity index is 1.54. The highest BCUT2D eigenvalue weighted by atomic mass is 35.5. The molecule has 0 radical (unpaired) electrons. The number of thioether (sulfide) groups is 1. The van der Waals surface area contributed by atoms with Gasteiger partial charge in [-0.2, -0.15) is 0 Å². The van der Waals surface area contributed by atoms with Crippen LogP contribution in [0.15, 0.2) is 65.3 Å². The minimum Gasteiger partial charge on any atom is -0.460 e. The van der Waals surface area contributed by atoms with Crippen LogP contribution in [0, 0.1) is 0 Å². The number of rotatable bonds is 6. The molecule has 0 amide bonds. The second-order valence-corrected chi connectivity index (χ2v) is 9.51. The molecule has 0 saturated carbocycles. The highest BCUT2D eigenvalue weighted by Gasteiger charge is 2.21. The number of benzene rings is 2. The molecule has 1 atom stereocenters. The zero-order valence-electron chi connectivity index (χ0n) is 15.8. The van der Waals surface area contributed by atoms with E-state index in [4.69, 9.17) is 27.9 Å². The summed E-state index contributed by atoms with van der Waals surface area (Å²) in [5, 5.41) is 4.54. The van der Waals surface area contributed by atoms with Gasteiger partial charge in [0.25, 0.3) is 0 Å². The highest BCUT2D eigenvalue weighted by Crippen LogP contribution is 2.39. The molecule has 1 unspecified atom stereocenters. The molecular weight excluding hydrogens is 459 g/mol. The van der Waals surface area contributed by atoms with Gasteiger partial charge in [-0.05, 0) is 30.7 Å². The monoisotopic (exact) mass is 474 g/mol. The molecular formula is C22H16Cl2N2O2S2. The Labute approximate surface area is 192 Å². The third-order valence-corrected chi connectivity index (χ3v) is 7.02. The topological polar surface area (TPSA) is 52.1 Å². The van der Waals surface area contributed by atoms with Crippen LogP contribution in [0.25, 0.3) is 21.3 Å². The van der Waals surface area contributed by atoms with Crippen LogP contribution in [0.2, 0.25) is 10.0 Å². The van der Waals surface area contributed by atoms with Crippen LogP contribution in [0.1, 0.15) is 12.5 Å². The molecule has 0 aliphatic heterocycles. The van der Waals surface area contributed by atoms with Crippen molar-refractivity contribution in [2.75, 3.05) is 0 Å². The van der Waals surface area contributed by atoms with E-state index in [-0.39, 0.29) is 12.6 Å². The average molecular weight is 475 g/mol. The molecule has 0 aliphatic rings. The van der Waals surface area contributed by atoms with Crippen LogP contribution in [-0.2, 0) is 16.1 Å². The lowest BCUT2D eigenvalue weighted by Crippen LogP contribution is -2.17. The number of nitrogens with zero attached hydrogens (tertiary/aromatic N) is 2. The number of fused-ring (bicyclic) bond motifs is 1. The molecule has 2 aromatic heterocycles. The molecule has 8 heteroatoms. The van der Waals surface area contributed by atoms with Crippen LogP contribution < -0.4 is 0 Å². The van der Waals surface area contributed by atoms with E-state index >= 15 is 0 Å². The number of hydrogen-bond donors (Lipinski definition) is 0. The molecule has 0 bridgehead atoms. The Hall–Kier alpha value is -2.12. The normalized spacial score (nSPS) is 12.1. The maximum atomic E-state index is 12.6. The van der Waals surface area contributed by atoms with E-state index < -0.39 is 5.25 Å². The van der Waals surface area contributed by atoms with Crippen LogP contribution in [0.4, 0.5) is 0 Å². The number of hydrogen-bond acceptors (Lipinski definition) is 6. The van der Waals surface area contributed by atoms with Gasteiger partial charge in [0.15, 0.2) is 0 Å². The SMILES string of the molecule is CC(Sc1ncnc2scc(-c3ccc(Cl)cc3)c12)C(=O)OCc1ccccc1Cl. The van der Waals surface area contributed by atoms with Gasteiger partial charge >= 0.3 is 5.97 Å². The highest BCUT2D eigenvalue weighted by molar-refractivity contribution is 8.00. The maximum absolute atomic E-state index is 12.6. The second-order valence-electron chi connectivity index (χ2n) is 6.47. The molecule has 4 nitrogen and oxygen atoms in total. The molecule has 0 aliphatic carbocycles. The fraction of sp³-hybridized carbons (Fsp3) is 0.136. The minimum absolute atomic E-state index is 0.136. The van der Waals surface area contributed by atoms with Crippen LogP contribution >= 0.6 is 46.3 Å². The summed E-state index contributed by atoms with van der Waals surface area (Å²) in [7, 11) is 0. The van der Waals surface area contributed by atoms with Crippen molar-refractivity contribution in [2.45, 2.75) is 23.8 Å². The third-order valence-electron chi connectivity index (χ3n) is 4.44. The fourth-order valence-corrected chi connectivity index (χ4v) is 5.10. The van der Waals surface area contributed by atoms with Gasteiger partial charge in [0.1, 0.15) is 28.0 Å². The molecule has 0 N–H and O–H groups in total. The standard InChI is InChI=1S/C22H16Cl2N2O2S2/c1-13(22(27)28-10-15-4-2-3-5-18(15)24)30-21-19-17(11-29-20(19)25-12-26-21)14-6-8-16(23)9-7-14/h2-9,11-13H,10H2,1H3. The first kappa shape index (κ1) is 21.1. The maximum Gasteiger partial charge on any atom is 0.319 e. The van der Waals surface area contributed by atoms with E-state index in [1.54, 1.807) is 17.4 Å². The zero-order chi connectivity index (χ0) is 21.1. The van der Waals surface area contributed by atoms with E-state index in [2.05, 4.69) is 9.97 Å². The summed E-state index contributed by atoms with van der Waals surface area (Å²) in [4.78, 5) is 22.2. The molecule has 0 fully saturated rings. The van der Waals surface area contributed by atoms with Gasteiger partial charge in [-0.15, -0.1) is 11.3 Å². The van der Waals surface area contributed by atoms with Gasteiger partial charge in [0.05, 0.1) is 5.39 Å². The van der Waals surface area contributed by atoms with Gasteiger partial charge in [-0.1, -0.05) is 65.3 Å². The Morgan fingerprint density at radius 1 is 1.13 bits per heavy atom. The molecule has 2 heterocycles. The summed E-state index contributed by atoms with van der Waals surface area (Å²) in [5.41, 5.74) is 2.82. The summed E-state index contributed by atoms with van der Waals surface area (Å²) in [6.45, 7) is 1.94. The molecule has 152 valence electrons. The smallest absolute Gasteiger partial charge is 0.319 e. The first-order valence-electron chi connectivity index (χ1n) is 9.08. The van der Waals surface area contributed by atoms with Gasteiger partial charge < -0.3 is 4.74 Å². The lowest BCUT2D eigenvalue weighted by atomic mass is 10.1. The van der Waals surface area contributed by atoms with E-state index in [0.717, 1.165) is 31.9 Å². The lowest BCUT2D eigenvalue weighted by Gasteiger charge is -2.12. The van der Waals surface area contributed by atoms with Gasteiger partial charge in [-0.3, -0.25) is 4.79 Å². The van der Waals surface area contributed by atoms with Crippen molar-refractivity contribution < 1.29 is 9.53 Å². The quantitative estimate of drug-likeness (QED) is 0.173. The Kier molecular flexibility index (Phi) is 6.58. The number of esters is 1. The van der Waals surface area contributed by atoms with E-state index in [1.165, 1.54) is 18.1 Å². The first-order chi connectivity index (χ1) is 14.5. The number of ether oxygens (including phenoxy) is 1. The summed E-state index contributed by atoms with van der Waals surface area (Å²) in [6.07, 6.45) is 1.52. The van der Waals surface area contributed by atoms with Crippen molar-refractivity contribution in [2.24, 2.45) is 0 Å². The number of halogens is 2. The Morgan fingerprint density at radius 2 is 1.90 bits per heavy atom. The molecule has 4 rings (SSSR count). The predicted molar refractivity (Wildman–Crippen MR) is 124 cm³/mol. The van der Waals surface area contributed by atoms with Gasteiger partial charge in [0, 0.05) is 26.6 Å². The molecule has 4 aromatic rings. The van der Waals surface area contributed by atoms with Crippen molar-refractivity contribution in [1.82, 2.24) is 9.97 Å². The first-order valence-corrected chi connectivity index (χ1v) is 11.6. The van der Waals surface area contributed by atoms with Gasteiger partial charge in [-0.25, -0.2) is 9.97 Å². The lowest BCUT2D eigenvalue weighted by molar-refractivity contribution is -0.143. The van der Waals surface area contributed by atoms with E-state index in [9.17, 15) is 4.79 Å². The largest absolute Gasteiger partial charge is 0.460 e. The van der Waals surface area contributed by atoms with Crippen molar-refractivity contribution in [3.63, 3.8) is 0 Å². The summed E-state index contributed by atoms with van der Waals surface area (Å²) in [6, 6.07) is 14.9. The minimum atomic E-state index is -0.441. The van der Waals surface area contributed by atoms with E-state index in [0.29, 0.717) is 10.0 Å². The van der Waals surface area contributed by atoms with Crippen molar-refractivity contribution in [1.29, 1.82) is 0 Å². The number of thiophene rings is 1. The average Bonchev–Trinajstić information content (AvgIpc) is 3.18. The molecule has 30 heavy (non-hydrogen) atoms. The number of carbonyl (C=O) groups is 1. The Morgan fingerprint density at radius 3 is 2.67 bits per heavy atom. The summed E-state index contributed by atoms with van der Waals surface area (Å²) < 4.78 is 5.46. The number of aromatic nitrogens is 2. The molecule has 0 spiro atoms. The molecule has 2 aromatic carbocycles. The predicted octanol–water partition coefficient (Wildman–Crippen LogP) is 6.89. The van der Waals surface area contributed by atoms with Crippen LogP contribution in [0.5, 0.6) is 0 Å². The molecule has 0 saturated heterocycles. The van der Waals surface area contributed by atoms with E-state index in [1.807, 2.05) is 54.8 Å². The van der Waals surface area contributed by atoms with Crippen molar-refractivity contribution in [3.8, 4) is 11.1 Å².